The highest BCUT2D eigenvalue weighted by molar-refractivity contribution is 7.80. The lowest BCUT2D eigenvalue weighted by molar-refractivity contribution is 0.0954. The number of thiocarbonyl (C=S) groups is 1. The molecule has 0 aliphatic carbocycles. The number of hydrogen-bond donors (Lipinski definition) is 1. The first-order valence-corrected chi connectivity index (χ1v) is 5.05. The first-order valence-electron chi connectivity index (χ1n) is 4.64. The molecular formula is C11H13NO2S. The molecule has 1 amide bonds. The molecule has 0 heterocycles. The minimum atomic E-state index is -0.0884. The number of hydrogen-bond acceptors (Lipinski definition) is 3. The van der Waals surface area contributed by atoms with E-state index < -0.39 is 0 Å². The number of rotatable bonds is 4. The number of benzene rings is 1. The molecule has 80 valence electrons. The lowest BCUT2D eigenvalue weighted by Crippen LogP contribution is -2.25. The van der Waals surface area contributed by atoms with Crippen molar-refractivity contribution in [2.75, 3.05) is 13.7 Å². The molecule has 0 bridgehead atoms. The summed E-state index contributed by atoms with van der Waals surface area (Å²) in [7, 11) is 1.53. The van der Waals surface area contributed by atoms with Crippen LogP contribution in [-0.2, 0) is 4.74 Å². The molecule has 0 saturated heterocycles. The highest BCUT2D eigenvalue weighted by atomic mass is 32.1. The summed E-state index contributed by atoms with van der Waals surface area (Å²) in [6, 6.07) is 9.06. The lowest BCUT2D eigenvalue weighted by atomic mass is 10.2. The van der Waals surface area contributed by atoms with Crippen LogP contribution in [0.3, 0.4) is 0 Å². The van der Waals surface area contributed by atoms with Crippen LogP contribution in [0.1, 0.15) is 16.8 Å². The van der Waals surface area contributed by atoms with Crippen molar-refractivity contribution in [3.05, 3.63) is 35.9 Å². The van der Waals surface area contributed by atoms with Crippen molar-refractivity contribution in [3.63, 3.8) is 0 Å². The summed E-state index contributed by atoms with van der Waals surface area (Å²) in [5.74, 6) is -0.0884. The Balaban J connectivity index is 2.34. The number of carbonyl (C=O) groups excluding carboxylic acids is 1. The maximum Gasteiger partial charge on any atom is 0.251 e. The van der Waals surface area contributed by atoms with E-state index in [-0.39, 0.29) is 5.91 Å². The summed E-state index contributed by atoms with van der Waals surface area (Å²) in [5.41, 5.74) is 0.654. The highest BCUT2D eigenvalue weighted by Gasteiger charge is 2.03. The van der Waals surface area contributed by atoms with Crippen molar-refractivity contribution in [2.24, 2.45) is 0 Å². The Bertz CT molecular complexity index is 338. The van der Waals surface area contributed by atoms with Crippen LogP contribution in [0, 0.1) is 0 Å². The van der Waals surface area contributed by atoms with E-state index in [0.717, 1.165) is 0 Å². The predicted molar refractivity (Wildman–Crippen MR) is 63.0 cm³/mol. The summed E-state index contributed by atoms with van der Waals surface area (Å²) < 4.78 is 4.82. The molecule has 0 radical (unpaired) electrons. The molecule has 0 atom stereocenters. The van der Waals surface area contributed by atoms with E-state index in [1.807, 2.05) is 18.2 Å². The number of amides is 1. The van der Waals surface area contributed by atoms with Crippen LogP contribution in [-0.4, -0.2) is 24.6 Å². The topological polar surface area (TPSA) is 38.3 Å². The zero-order valence-electron chi connectivity index (χ0n) is 8.53. The van der Waals surface area contributed by atoms with Gasteiger partial charge in [0.2, 0.25) is 0 Å². The van der Waals surface area contributed by atoms with Gasteiger partial charge in [-0.15, -0.1) is 0 Å². The third-order valence-corrected chi connectivity index (χ3v) is 2.25. The molecule has 0 aliphatic heterocycles. The summed E-state index contributed by atoms with van der Waals surface area (Å²) in [4.78, 5) is 11.5. The molecule has 1 aromatic rings. The molecule has 0 fully saturated rings. The average molecular weight is 223 g/mol. The first kappa shape index (κ1) is 11.7. The van der Waals surface area contributed by atoms with Crippen LogP contribution in [0.2, 0.25) is 0 Å². The van der Waals surface area contributed by atoms with Crippen LogP contribution in [0.4, 0.5) is 0 Å². The van der Waals surface area contributed by atoms with Gasteiger partial charge in [0.25, 0.3) is 5.91 Å². The van der Waals surface area contributed by atoms with Crippen LogP contribution in [0.15, 0.2) is 30.3 Å². The van der Waals surface area contributed by atoms with E-state index in [0.29, 0.717) is 23.6 Å². The van der Waals surface area contributed by atoms with Crippen LogP contribution >= 0.6 is 12.2 Å². The predicted octanol–water partition coefficient (Wildman–Crippen LogP) is 1.78. The molecule has 0 saturated carbocycles. The van der Waals surface area contributed by atoms with Gasteiger partial charge in [-0.1, -0.05) is 18.2 Å². The van der Waals surface area contributed by atoms with Crippen LogP contribution in [0.5, 0.6) is 0 Å². The quantitative estimate of drug-likeness (QED) is 0.791. The molecular weight excluding hydrogens is 210 g/mol. The Morgan fingerprint density at radius 2 is 2.07 bits per heavy atom. The van der Waals surface area contributed by atoms with Gasteiger partial charge >= 0.3 is 0 Å². The third kappa shape index (κ3) is 4.08. The normalized spacial score (nSPS) is 9.40. The fourth-order valence-electron chi connectivity index (χ4n) is 1.07. The van der Waals surface area contributed by atoms with E-state index in [4.69, 9.17) is 17.0 Å². The van der Waals surface area contributed by atoms with Gasteiger partial charge in [-0.05, 0) is 24.4 Å². The second-order valence-corrected chi connectivity index (χ2v) is 3.40. The molecule has 0 spiro atoms. The SMILES string of the molecule is COC(=S)CCNC(=O)c1ccccc1. The van der Waals surface area contributed by atoms with Crippen LogP contribution < -0.4 is 5.32 Å². The van der Waals surface area contributed by atoms with Gasteiger partial charge in [0.1, 0.15) is 0 Å². The zero-order valence-corrected chi connectivity index (χ0v) is 9.34. The maximum atomic E-state index is 11.5. The minimum absolute atomic E-state index is 0.0884. The van der Waals surface area contributed by atoms with Crippen molar-refractivity contribution in [1.82, 2.24) is 5.32 Å². The molecule has 4 heteroatoms. The van der Waals surface area contributed by atoms with Gasteiger partial charge in [-0.25, -0.2) is 0 Å². The lowest BCUT2D eigenvalue weighted by Gasteiger charge is -2.05. The van der Waals surface area contributed by atoms with Gasteiger partial charge in [-0.3, -0.25) is 4.79 Å². The monoisotopic (exact) mass is 223 g/mol. The second-order valence-electron chi connectivity index (χ2n) is 2.95. The zero-order chi connectivity index (χ0) is 11.1. The Morgan fingerprint density at radius 3 is 2.67 bits per heavy atom. The molecule has 1 aromatic carbocycles. The Hall–Kier alpha value is -1.42. The smallest absolute Gasteiger partial charge is 0.251 e. The standard InChI is InChI=1S/C11H13NO2S/c1-14-10(15)7-8-12-11(13)9-5-3-2-4-6-9/h2-6H,7-8H2,1H3,(H,12,13). The average Bonchev–Trinajstić information content (AvgIpc) is 2.29. The van der Waals surface area contributed by atoms with Crippen molar-refractivity contribution in [3.8, 4) is 0 Å². The molecule has 1 rings (SSSR count). The van der Waals surface area contributed by atoms with E-state index in [1.54, 1.807) is 12.1 Å². The summed E-state index contributed by atoms with van der Waals surface area (Å²) in [5, 5.41) is 3.26. The van der Waals surface area contributed by atoms with Gasteiger partial charge in [0.05, 0.1) is 7.11 Å². The molecule has 3 nitrogen and oxygen atoms in total. The Kier molecular flexibility index (Phi) is 4.77. The number of ether oxygens (including phenoxy) is 1. The summed E-state index contributed by atoms with van der Waals surface area (Å²) >= 11 is 4.85. The molecule has 0 unspecified atom stereocenters. The van der Waals surface area contributed by atoms with Gasteiger partial charge in [0, 0.05) is 18.5 Å². The van der Waals surface area contributed by atoms with Crippen LogP contribution in [0.25, 0.3) is 0 Å². The fraction of sp³-hybridized carbons (Fsp3) is 0.273. The van der Waals surface area contributed by atoms with E-state index in [2.05, 4.69) is 5.32 Å². The summed E-state index contributed by atoms with van der Waals surface area (Å²) in [6.45, 7) is 0.500. The Labute approximate surface area is 94.4 Å². The number of carbonyl (C=O) groups is 1. The van der Waals surface area contributed by atoms with E-state index in [9.17, 15) is 4.79 Å². The first-order chi connectivity index (χ1) is 7.24. The fourth-order valence-corrected chi connectivity index (χ4v) is 1.17. The summed E-state index contributed by atoms with van der Waals surface area (Å²) in [6.07, 6.45) is 0.560. The largest absolute Gasteiger partial charge is 0.490 e. The number of methoxy groups -OCH3 is 1. The molecule has 15 heavy (non-hydrogen) atoms. The van der Waals surface area contributed by atoms with Crippen molar-refractivity contribution >= 4 is 23.2 Å². The second kappa shape index (κ2) is 6.14. The third-order valence-electron chi connectivity index (χ3n) is 1.88. The van der Waals surface area contributed by atoms with Gasteiger partial charge < -0.3 is 10.1 Å². The van der Waals surface area contributed by atoms with Gasteiger partial charge in [-0.2, -0.15) is 0 Å². The van der Waals surface area contributed by atoms with Gasteiger partial charge in [0.15, 0.2) is 5.05 Å². The maximum absolute atomic E-state index is 11.5. The molecule has 1 N–H and O–H groups in total. The Morgan fingerprint density at radius 1 is 1.40 bits per heavy atom. The molecule has 0 aliphatic rings. The highest BCUT2D eigenvalue weighted by Crippen LogP contribution is 1.97. The number of nitrogens with one attached hydrogen (secondary N) is 1. The van der Waals surface area contributed by atoms with Crippen molar-refractivity contribution in [2.45, 2.75) is 6.42 Å². The van der Waals surface area contributed by atoms with Crippen molar-refractivity contribution < 1.29 is 9.53 Å². The van der Waals surface area contributed by atoms with E-state index >= 15 is 0 Å². The minimum Gasteiger partial charge on any atom is -0.490 e. The molecule has 0 aromatic heterocycles. The van der Waals surface area contributed by atoms with E-state index in [1.165, 1.54) is 7.11 Å². The van der Waals surface area contributed by atoms with Crippen molar-refractivity contribution in [1.29, 1.82) is 0 Å².